The van der Waals surface area contributed by atoms with E-state index in [4.69, 9.17) is 16.3 Å². The maximum atomic E-state index is 13.2. The summed E-state index contributed by atoms with van der Waals surface area (Å²) < 4.78 is 57.5. The largest absolute Gasteiger partial charge is 0.488 e. The number of rotatable bonds is 5. The Morgan fingerprint density at radius 3 is 2.35 bits per heavy atom. The summed E-state index contributed by atoms with van der Waals surface area (Å²) in [6.07, 6.45) is -3.76. The Labute approximate surface area is 198 Å². The van der Waals surface area contributed by atoms with E-state index in [0.717, 1.165) is 17.8 Å². The Kier molecular flexibility index (Phi) is 6.92. The van der Waals surface area contributed by atoms with Crippen LogP contribution < -0.4 is 9.64 Å². The Hall–Kier alpha value is -3.33. The molecule has 1 saturated heterocycles. The number of carbonyl (C=O) groups is 1. The van der Waals surface area contributed by atoms with Crippen molar-refractivity contribution in [3.05, 3.63) is 88.3 Å². The summed E-state index contributed by atoms with van der Waals surface area (Å²) in [7, 11) is 0. The molecule has 1 aromatic heterocycles. The van der Waals surface area contributed by atoms with Crippen molar-refractivity contribution in [2.45, 2.75) is 12.8 Å². The predicted molar refractivity (Wildman–Crippen MR) is 120 cm³/mol. The summed E-state index contributed by atoms with van der Waals surface area (Å²) >= 11 is 6.06. The summed E-state index contributed by atoms with van der Waals surface area (Å²) in [6.45, 7) is 1.58. The van der Waals surface area contributed by atoms with E-state index in [1.807, 2.05) is 0 Å². The molecule has 2 aromatic carbocycles. The van der Waals surface area contributed by atoms with Crippen molar-refractivity contribution in [1.29, 1.82) is 0 Å². The molecule has 0 bridgehead atoms. The van der Waals surface area contributed by atoms with Crippen molar-refractivity contribution in [3.63, 3.8) is 0 Å². The van der Waals surface area contributed by atoms with Gasteiger partial charge in [0.2, 0.25) is 0 Å². The number of benzene rings is 2. The molecule has 4 rings (SSSR count). The minimum atomic E-state index is -4.52. The SMILES string of the molecule is O=C(c1ccccc1OCc1ccc(F)cc1)N1CCN(c2ncc(C(F)(F)F)cc2Cl)CC1. The topological polar surface area (TPSA) is 45.7 Å². The van der Waals surface area contributed by atoms with Gasteiger partial charge in [-0.05, 0) is 35.9 Å². The van der Waals surface area contributed by atoms with Gasteiger partial charge in [-0.3, -0.25) is 4.79 Å². The number of pyridine rings is 1. The van der Waals surface area contributed by atoms with Crippen LogP contribution in [-0.4, -0.2) is 42.0 Å². The Balaban J connectivity index is 1.41. The second-order valence-corrected chi connectivity index (χ2v) is 8.12. The molecule has 1 aliphatic heterocycles. The molecule has 0 saturated carbocycles. The van der Waals surface area contributed by atoms with Gasteiger partial charge >= 0.3 is 6.18 Å². The minimum Gasteiger partial charge on any atom is -0.488 e. The predicted octanol–water partition coefficient (Wildman–Crippen LogP) is 5.43. The number of halogens is 5. The van der Waals surface area contributed by atoms with Gasteiger partial charge in [0.1, 0.15) is 24.0 Å². The molecular formula is C24H20ClF4N3O2. The van der Waals surface area contributed by atoms with Crippen LogP contribution in [0.15, 0.2) is 60.8 Å². The van der Waals surface area contributed by atoms with Crippen molar-refractivity contribution < 1.29 is 27.1 Å². The van der Waals surface area contributed by atoms with Gasteiger partial charge in [0.15, 0.2) is 0 Å². The number of aromatic nitrogens is 1. The second kappa shape index (κ2) is 9.89. The van der Waals surface area contributed by atoms with Gasteiger partial charge in [0, 0.05) is 32.4 Å². The first-order valence-electron chi connectivity index (χ1n) is 10.5. The van der Waals surface area contributed by atoms with E-state index in [0.29, 0.717) is 37.5 Å². The van der Waals surface area contributed by atoms with E-state index in [-0.39, 0.29) is 29.2 Å². The molecule has 178 valence electrons. The summed E-state index contributed by atoms with van der Waals surface area (Å²) in [5.74, 6) is 0.101. The van der Waals surface area contributed by atoms with Gasteiger partial charge in [-0.2, -0.15) is 13.2 Å². The Bertz CT molecular complexity index is 1160. The number of amides is 1. The average molecular weight is 494 g/mol. The molecule has 3 aromatic rings. The standard InChI is InChI=1S/C24H20ClF4N3O2/c25-20-13-17(24(27,28)29)14-30-22(20)31-9-11-32(12-10-31)23(33)19-3-1-2-4-21(19)34-15-16-5-7-18(26)8-6-16/h1-8,13-14H,9-12,15H2. The molecule has 0 N–H and O–H groups in total. The average Bonchev–Trinajstić information content (AvgIpc) is 2.83. The summed E-state index contributed by atoms with van der Waals surface area (Å²) in [6, 6.07) is 13.6. The fourth-order valence-electron chi connectivity index (χ4n) is 3.62. The van der Waals surface area contributed by atoms with Gasteiger partial charge in [-0.25, -0.2) is 9.37 Å². The van der Waals surface area contributed by atoms with Crippen LogP contribution >= 0.6 is 11.6 Å². The van der Waals surface area contributed by atoms with Crippen LogP contribution in [0.5, 0.6) is 5.75 Å². The normalized spacial score (nSPS) is 14.3. The molecule has 1 amide bonds. The lowest BCUT2D eigenvalue weighted by Crippen LogP contribution is -2.49. The Morgan fingerprint density at radius 2 is 1.71 bits per heavy atom. The third kappa shape index (κ3) is 5.41. The number of alkyl halides is 3. The number of hydrogen-bond donors (Lipinski definition) is 0. The number of hydrogen-bond acceptors (Lipinski definition) is 4. The van der Waals surface area contributed by atoms with Gasteiger partial charge in [0.25, 0.3) is 5.91 Å². The highest BCUT2D eigenvalue weighted by Crippen LogP contribution is 2.34. The fraction of sp³-hybridized carbons (Fsp3) is 0.250. The maximum Gasteiger partial charge on any atom is 0.417 e. The monoisotopic (exact) mass is 493 g/mol. The van der Waals surface area contributed by atoms with E-state index in [1.54, 1.807) is 46.2 Å². The molecule has 2 heterocycles. The van der Waals surface area contributed by atoms with Crippen LogP contribution in [-0.2, 0) is 12.8 Å². The molecule has 0 atom stereocenters. The van der Waals surface area contributed by atoms with Crippen LogP contribution in [0, 0.1) is 5.82 Å². The lowest BCUT2D eigenvalue weighted by Gasteiger charge is -2.36. The number of para-hydroxylation sites is 1. The number of nitrogens with zero attached hydrogens (tertiary/aromatic N) is 3. The number of ether oxygens (including phenoxy) is 1. The summed E-state index contributed by atoms with van der Waals surface area (Å²) in [5, 5.41) is -0.0888. The van der Waals surface area contributed by atoms with E-state index < -0.39 is 11.7 Å². The number of anilines is 1. The molecule has 0 aliphatic carbocycles. The van der Waals surface area contributed by atoms with Crippen LogP contribution in [0.25, 0.3) is 0 Å². The van der Waals surface area contributed by atoms with Crippen LogP contribution in [0.2, 0.25) is 5.02 Å². The van der Waals surface area contributed by atoms with Crippen LogP contribution in [0.4, 0.5) is 23.4 Å². The molecular weight excluding hydrogens is 474 g/mol. The van der Waals surface area contributed by atoms with Crippen LogP contribution in [0.3, 0.4) is 0 Å². The zero-order chi connectivity index (χ0) is 24.3. The molecule has 0 radical (unpaired) electrons. The lowest BCUT2D eigenvalue weighted by molar-refractivity contribution is -0.137. The highest BCUT2D eigenvalue weighted by Gasteiger charge is 2.32. The zero-order valence-corrected chi connectivity index (χ0v) is 18.6. The van der Waals surface area contributed by atoms with Crippen molar-refractivity contribution >= 4 is 23.3 Å². The van der Waals surface area contributed by atoms with E-state index in [1.165, 1.54) is 12.1 Å². The van der Waals surface area contributed by atoms with Crippen LogP contribution in [0.1, 0.15) is 21.5 Å². The first kappa shape index (κ1) is 23.8. The first-order valence-corrected chi connectivity index (χ1v) is 10.8. The van der Waals surface area contributed by atoms with Gasteiger partial charge in [-0.1, -0.05) is 35.9 Å². The second-order valence-electron chi connectivity index (χ2n) is 7.72. The summed E-state index contributed by atoms with van der Waals surface area (Å²) in [4.78, 5) is 20.4. The number of piperazine rings is 1. The quantitative estimate of drug-likeness (QED) is 0.444. The highest BCUT2D eigenvalue weighted by atomic mass is 35.5. The molecule has 0 unspecified atom stereocenters. The highest BCUT2D eigenvalue weighted by molar-refractivity contribution is 6.33. The molecule has 10 heteroatoms. The minimum absolute atomic E-state index is 0.0888. The van der Waals surface area contributed by atoms with Crippen molar-refractivity contribution in [2.75, 3.05) is 31.1 Å². The lowest BCUT2D eigenvalue weighted by atomic mass is 10.1. The molecule has 5 nitrogen and oxygen atoms in total. The van der Waals surface area contributed by atoms with E-state index in [9.17, 15) is 22.4 Å². The van der Waals surface area contributed by atoms with Gasteiger partial charge < -0.3 is 14.5 Å². The molecule has 1 aliphatic rings. The van der Waals surface area contributed by atoms with E-state index in [2.05, 4.69) is 4.98 Å². The molecule has 1 fully saturated rings. The first-order chi connectivity index (χ1) is 16.2. The molecule has 34 heavy (non-hydrogen) atoms. The van der Waals surface area contributed by atoms with Crippen molar-refractivity contribution in [1.82, 2.24) is 9.88 Å². The fourth-order valence-corrected chi connectivity index (χ4v) is 3.91. The van der Waals surface area contributed by atoms with Crippen molar-refractivity contribution in [3.8, 4) is 5.75 Å². The third-order valence-electron chi connectivity index (χ3n) is 5.44. The van der Waals surface area contributed by atoms with Gasteiger partial charge in [-0.15, -0.1) is 0 Å². The zero-order valence-electron chi connectivity index (χ0n) is 17.9. The Morgan fingerprint density at radius 1 is 1.03 bits per heavy atom. The third-order valence-corrected chi connectivity index (χ3v) is 5.72. The molecule has 0 spiro atoms. The van der Waals surface area contributed by atoms with Gasteiger partial charge in [0.05, 0.1) is 16.1 Å². The van der Waals surface area contributed by atoms with Crippen molar-refractivity contribution in [2.24, 2.45) is 0 Å². The maximum absolute atomic E-state index is 13.2. The smallest absolute Gasteiger partial charge is 0.417 e. The summed E-state index contributed by atoms with van der Waals surface area (Å²) in [5.41, 5.74) is 0.245. The van der Waals surface area contributed by atoms with E-state index >= 15 is 0 Å². The number of carbonyl (C=O) groups excluding carboxylic acids is 1.